The second-order valence-corrected chi connectivity index (χ2v) is 17.0. The van der Waals surface area contributed by atoms with Gasteiger partial charge in [-0.15, -0.1) is 0 Å². The number of carboxylic acid groups (broad SMARTS) is 1. The van der Waals surface area contributed by atoms with Crippen LogP contribution in [0.3, 0.4) is 0 Å². The number of amides is 7. The van der Waals surface area contributed by atoms with Crippen molar-refractivity contribution >= 4 is 47.7 Å². The molecule has 7 amide bonds. The van der Waals surface area contributed by atoms with Crippen LogP contribution in [0.15, 0.2) is 34.4 Å². The van der Waals surface area contributed by atoms with Crippen molar-refractivity contribution in [1.82, 2.24) is 45.7 Å². The average molecular weight is 995 g/mol. The Kier molecular flexibility index (Phi) is 26.1. The summed E-state index contributed by atoms with van der Waals surface area (Å²) >= 11 is 0. The summed E-state index contributed by atoms with van der Waals surface area (Å²) < 4.78 is 33.5. The molecule has 0 spiro atoms. The summed E-state index contributed by atoms with van der Waals surface area (Å²) in [5, 5.41) is 20.7. The van der Waals surface area contributed by atoms with Crippen molar-refractivity contribution in [3.63, 3.8) is 0 Å². The minimum absolute atomic E-state index is 0.0886. The number of piperidine rings is 2. The van der Waals surface area contributed by atoms with Crippen LogP contribution in [-0.4, -0.2) is 162 Å². The molecule has 0 radical (unpaired) electrons. The fourth-order valence-electron chi connectivity index (χ4n) is 5.66. The summed E-state index contributed by atoms with van der Waals surface area (Å²) in [6.45, 7) is 15.7. The summed E-state index contributed by atoms with van der Waals surface area (Å²) in [5.41, 5.74) is 2.61. The number of carboxylic acids is 1. The lowest BCUT2D eigenvalue weighted by Gasteiger charge is -2.22. The minimum atomic E-state index is -1.32. The highest BCUT2D eigenvalue weighted by molar-refractivity contribution is 6.00. The van der Waals surface area contributed by atoms with Gasteiger partial charge >= 0.3 is 18.2 Å². The summed E-state index contributed by atoms with van der Waals surface area (Å²) in [7, 11) is 0. The number of nitrogens with one attached hydrogen (secondary N) is 5. The van der Waals surface area contributed by atoms with Gasteiger partial charge in [-0.05, 0) is 67.3 Å². The van der Waals surface area contributed by atoms with Gasteiger partial charge in [0.1, 0.15) is 29.0 Å². The fraction of sp³-hybridized carbons (Fsp3) is 0.628. The third-order valence-corrected chi connectivity index (χ3v) is 8.81. The molecule has 4 rings (SSSR count). The predicted molar refractivity (Wildman–Crippen MR) is 245 cm³/mol. The Balaban J connectivity index is 0.000000394. The van der Waals surface area contributed by atoms with Gasteiger partial charge in [-0.2, -0.15) is 0 Å². The van der Waals surface area contributed by atoms with Crippen LogP contribution < -0.4 is 43.4 Å². The van der Waals surface area contributed by atoms with Crippen LogP contribution in [0.5, 0.6) is 0 Å². The number of ether oxygens (including phenoxy) is 6. The Morgan fingerprint density at radius 2 is 1.01 bits per heavy atom. The Labute approximate surface area is 403 Å². The van der Waals surface area contributed by atoms with Crippen molar-refractivity contribution in [1.29, 1.82) is 0 Å². The lowest BCUT2D eigenvalue weighted by molar-refractivity contribution is -0.137. The van der Waals surface area contributed by atoms with E-state index in [0.717, 1.165) is 40.3 Å². The van der Waals surface area contributed by atoms with Gasteiger partial charge in [-0.1, -0.05) is 0 Å². The van der Waals surface area contributed by atoms with Crippen LogP contribution >= 0.6 is 0 Å². The van der Waals surface area contributed by atoms with Crippen molar-refractivity contribution in [2.75, 3.05) is 79.0 Å². The number of carbonyl (C=O) groups is 8. The van der Waals surface area contributed by atoms with Crippen LogP contribution in [0.2, 0.25) is 0 Å². The SMILES string of the molecule is CC(C)(C)OC(=O)NCCOCCOCCCN.CC(C)(C)OC(=O)NCCOCCOCCNC(=O)c1cc(=O)n(C2CCC(=O)NC2=O)cn1.O=C1CCC(n2cnc(C(=O)O)cc2=O)C(=O)N1. The first-order chi connectivity index (χ1) is 33.0. The van der Waals surface area contributed by atoms with E-state index in [1.54, 1.807) is 20.8 Å². The quantitative estimate of drug-likeness (QED) is 0.0567. The van der Waals surface area contributed by atoms with Crippen LogP contribution in [-0.2, 0) is 47.6 Å². The molecule has 2 unspecified atom stereocenters. The topological polar surface area (TPSA) is 368 Å². The van der Waals surface area contributed by atoms with E-state index in [4.69, 9.17) is 39.3 Å². The molecule has 0 aromatic carbocycles. The van der Waals surface area contributed by atoms with E-state index in [1.165, 1.54) is 0 Å². The Hall–Kier alpha value is -6.68. The van der Waals surface area contributed by atoms with Crippen LogP contribution in [0.25, 0.3) is 0 Å². The number of carbonyl (C=O) groups excluding carboxylic acids is 7. The van der Waals surface area contributed by atoms with Gasteiger partial charge in [0.15, 0.2) is 5.69 Å². The lowest BCUT2D eigenvalue weighted by atomic mass is 10.1. The molecule has 0 aliphatic carbocycles. The van der Waals surface area contributed by atoms with Crippen molar-refractivity contribution < 1.29 is 71.9 Å². The van der Waals surface area contributed by atoms with E-state index in [2.05, 4.69) is 36.6 Å². The maximum atomic E-state index is 12.3. The molecule has 2 aliphatic rings. The summed E-state index contributed by atoms with van der Waals surface area (Å²) in [4.78, 5) is 123. The van der Waals surface area contributed by atoms with Gasteiger partial charge in [0.05, 0.1) is 58.9 Å². The number of aromatic carboxylic acids is 1. The minimum Gasteiger partial charge on any atom is -0.477 e. The zero-order valence-electron chi connectivity index (χ0n) is 40.3. The fourth-order valence-corrected chi connectivity index (χ4v) is 5.66. The first kappa shape index (κ1) is 59.4. The zero-order chi connectivity index (χ0) is 52.3. The molecule has 27 nitrogen and oxygen atoms in total. The van der Waals surface area contributed by atoms with Crippen molar-refractivity contribution in [2.45, 2.75) is 96.9 Å². The highest BCUT2D eigenvalue weighted by Gasteiger charge is 2.30. The first-order valence-electron chi connectivity index (χ1n) is 22.3. The number of imide groups is 2. The van der Waals surface area contributed by atoms with E-state index < -0.39 is 70.3 Å². The van der Waals surface area contributed by atoms with Gasteiger partial charge in [-0.3, -0.25) is 53.3 Å². The molecular formula is C43H66N10O17. The van der Waals surface area contributed by atoms with E-state index in [1.807, 2.05) is 20.8 Å². The predicted octanol–water partition coefficient (Wildman–Crippen LogP) is -0.679. The number of hydrogen-bond acceptors (Lipinski definition) is 19. The van der Waals surface area contributed by atoms with Crippen LogP contribution in [0.1, 0.15) is 107 Å². The summed E-state index contributed by atoms with van der Waals surface area (Å²) in [6, 6.07) is 0.217. The van der Waals surface area contributed by atoms with Crippen molar-refractivity contribution in [3.8, 4) is 0 Å². The van der Waals surface area contributed by atoms with E-state index >= 15 is 0 Å². The normalized spacial score (nSPS) is 15.7. The van der Waals surface area contributed by atoms with E-state index in [0.29, 0.717) is 65.9 Å². The van der Waals surface area contributed by atoms with Gasteiger partial charge in [0.25, 0.3) is 17.0 Å². The molecule has 2 fully saturated rings. The molecule has 2 aromatic rings. The van der Waals surface area contributed by atoms with Gasteiger partial charge in [-0.25, -0.2) is 24.4 Å². The first-order valence-corrected chi connectivity index (χ1v) is 22.3. The molecular weight excluding hydrogens is 929 g/mol. The molecule has 8 N–H and O–H groups in total. The third kappa shape index (κ3) is 24.6. The Bertz CT molecular complexity index is 2190. The highest BCUT2D eigenvalue weighted by atomic mass is 16.6. The van der Waals surface area contributed by atoms with Gasteiger partial charge < -0.3 is 55.2 Å². The van der Waals surface area contributed by atoms with Crippen LogP contribution in [0, 0.1) is 0 Å². The third-order valence-electron chi connectivity index (χ3n) is 8.81. The highest BCUT2D eigenvalue weighted by Crippen LogP contribution is 2.17. The molecule has 2 aromatic heterocycles. The Morgan fingerprint density at radius 1 is 0.629 bits per heavy atom. The smallest absolute Gasteiger partial charge is 0.407 e. The number of nitrogens with two attached hydrogens (primary N) is 1. The van der Waals surface area contributed by atoms with Crippen molar-refractivity contribution in [3.05, 3.63) is 56.9 Å². The summed E-state index contributed by atoms with van der Waals surface area (Å²) in [5.74, 6) is -3.80. The lowest BCUT2D eigenvalue weighted by Crippen LogP contribution is -2.44. The average Bonchev–Trinajstić information content (AvgIpc) is 3.26. The molecule has 2 aliphatic heterocycles. The molecule has 0 saturated carbocycles. The number of nitrogens with zero attached hydrogens (tertiary/aromatic N) is 4. The largest absolute Gasteiger partial charge is 0.477 e. The maximum absolute atomic E-state index is 12.3. The second-order valence-electron chi connectivity index (χ2n) is 17.0. The molecule has 2 atom stereocenters. The number of hydrogen-bond donors (Lipinski definition) is 7. The molecule has 0 bridgehead atoms. The molecule has 2 saturated heterocycles. The van der Waals surface area contributed by atoms with Gasteiger partial charge in [0, 0.05) is 51.2 Å². The molecule has 390 valence electrons. The van der Waals surface area contributed by atoms with Crippen molar-refractivity contribution in [2.24, 2.45) is 5.73 Å². The monoisotopic (exact) mass is 994 g/mol. The van der Waals surface area contributed by atoms with E-state index in [9.17, 15) is 47.9 Å². The number of alkyl carbamates (subject to hydrolysis) is 2. The van der Waals surface area contributed by atoms with Crippen LogP contribution in [0.4, 0.5) is 9.59 Å². The number of rotatable bonds is 22. The van der Waals surface area contributed by atoms with E-state index in [-0.39, 0.29) is 62.0 Å². The number of aromatic nitrogens is 4. The standard InChI is InChI=1S/C21H31N5O8.C12H26N2O4.C10H9N3O5/c1-21(2,3)34-20(31)23-7-9-33-11-10-32-8-6-22-18(29)14-12-17(28)26(13-24-14)15-4-5-16(27)25-19(15)30;1-12(2,3)18-11(15)14-6-8-17-10-9-16-7-4-5-13;14-7-2-1-6(9(16)12-7)13-4-11-5(10(17)18)3-8(13)15/h12-13,15H,4-11H2,1-3H3,(H,22,29)(H,23,31)(H,25,27,30);4-10,13H2,1-3H3,(H,14,15);3-4,6H,1-2H2,(H,17,18)(H,12,14,16). The summed E-state index contributed by atoms with van der Waals surface area (Å²) in [6.07, 6.45) is 2.70. The Morgan fingerprint density at radius 3 is 1.39 bits per heavy atom. The molecule has 4 heterocycles. The zero-order valence-corrected chi connectivity index (χ0v) is 40.3. The van der Waals surface area contributed by atoms with Gasteiger partial charge in [0.2, 0.25) is 23.6 Å². The molecule has 70 heavy (non-hydrogen) atoms. The maximum Gasteiger partial charge on any atom is 0.407 e. The second kappa shape index (κ2) is 30.7. The molecule has 27 heteroatoms.